The van der Waals surface area contributed by atoms with Crippen molar-refractivity contribution in [3.8, 4) is 16.9 Å². The van der Waals surface area contributed by atoms with Crippen LogP contribution >= 0.6 is 11.6 Å². The molecule has 0 bridgehead atoms. The van der Waals surface area contributed by atoms with E-state index in [1.54, 1.807) is 24.0 Å². The number of hydrogen-bond donors (Lipinski definition) is 1. The predicted molar refractivity (Wildman–Crippen MR) is 129 cm³/mol. The average Bonchev–Trinajstić information content (AvgIpc) is 3.17. The maximum atomic E-state index is 12.9. The number of benzene rings is 2. The summed E-state index contributed by atoms with van der Waals surface area (Å²) in [6.45, 7) is 9.66. The Kier molecular flexibility index (Phi) is 7.36. The van der Waals surface area contributed by atoms with E-state index >= 15 is 0 Å². The van der Waals surface area contributed by atoms with Crippen LogP contribution in [0.3, 0.4) is 0 Å². The van der Waals surface area contributed by atoms with E-state index in [4.69, 9.17) is 11.6 Å². The van der Waals surface area contributed by atoms with Crippen molar-refractivity contribution >= 4 is 29.4 Å². The van der Waals surface area contributed by atoms with Crippen LogP contribution in [-0.2, 0) is 9.59 Å². The van der Waals surface area contributed by atoms with Gasteiger partial charge in [0.15, 0.2) is 0 Å². The molecule has 3 rings (SSSR count). The van der Waals surface area contributed by atoms with E-state index in [2.05, 4.69) is 23.3 Å². The highest BCUT2D eigenvalue weighted by Crippen LogP contribution is 2.26. The number of carbonyl (C=O) groups is 2. The van der Waals surface area contributed by atoms with Crippen molar-refractivity contribution in [2.75, 3.05) is 11.9 Å². The minimum atomic E-state index is -0.293. The number of nitrogens with one attached hydrogen (secondary N) is 1. The van der Waals surface area contributed by atoms with Crippen LogP contribution in [-0.4, -0.2) is 38.9 Å². The van der Waals surface area contributed by atoms with Crippen LogP contribution in [0, 0.1) is 13.8 Å². The average molecular weight is 453 g/mol. The Hall–Kier alpha value is -3.12. The lowest BCUT2D eigenvalue weighted by molar-refractivity contribution is -0.136. The van der Waals surface area contributed by atoms with Crippen molar-refractivity contribution in [2.24, 2.45) is 0 Å². The number of amides is 2. The van der Waals surface area contributed by atoms with Crippen LogP contribution in [0.4, 0.5) is 5.95 Å². The van der Waals surface area contributed by atoms with Gasteiger partial charge in [-0.1, -0.05) is 36.7 Å². The first-order valence-electron chi connectivity index (χ1n) is 10.7. The second kappa shape index (κ2) is 10.0. The zero-order valence-corrected chi connectivity index (χ0v) is 19.9. The van der Waals surface area contributed by atoms with E-state index in [0.717, 1.165) is 16.8 Å². The molecule has 168 valence electrons. The Balaban J connectivity index is 1.97. The van der Waals surface area contributed by atoms with Crippen molar-refractivity contribution in [3.63, 3.8) is 0 Å². The number of aryl methyl sites for hydroxylation is 2. The number of anilines is 1. The number of halogens is 1. The maximum Gasteiger partial charge on any atom is 0.246 e. The van der Waals surface area contributed by atoms with Gasteiger partial charge in [0.05, 0.1) is 5.69 Å². The largest absolute Gasteiger partial charge is 0.331 e. The van der Waals surface area contributed by atoms with E-state index in [1.165, 1.54) is 5.56 Å². The quantitative estimate of drug-likeness (QED) is 0.522. The molecule has 1 heterocycles. The third-order valence-corrected chi connectivity index (χ3v) is 5.68. The predicted octanol–water partition coefficient (Wildman–Crippen LogP) is 5.40. The van der Waals surface area contributed by atoms with Crippen molar-refractivity contribution in [1.82, 2.24) is 14.5 Å². The zero-order chi connectivity index (χ0) is 23.4. The molecule has 0 saturated heterocycles. The second-order valence-electron chi connectivity index (χ2n) is 8.11. The zero-order valence-electron chi connectivity index (χ0n) is 19.1. The molecule has 2 amide bonds. The lowest BCUT2D eigenvalue weighted by Crippen LogP contribution is -2.42. The second-order valence-corrected chi connectivity index (χ2v) is 8.55. The minimum absolute atomic E-state index is 0.0274. The van der Waals surface area contributed by atoms with Gasteiger partial charge in [-0.25, -0.2) is 4.98 Å². The van der Waals surface area contributed by atoms with Crippen LogP contribution in [0.5, 0.6) is 0 Å². The first-order chi connectivity index (χ1) is 15.2. The van der Waals surface area contributed by atoms with Crippen LogP contribution in [0.15, 0.2) is 48.7 Å². The molecule has 0 radical (unpaired) electrons. The van der Waals surface area contributed by atoms with Gasteiger partial charge in [-0.3, -0.25) is 19.5 Å². The van der Waals surface area contributed by atoms with Crippen LogP contribution in [0.25, 0.3) is 16.9 Å². The Morgan fingerprint density at radius 3 is 2.38 bits per heavy atom. The van der Waals surface area contributed by atoms with Gasteiger partial charge in [0.2, 0.25) is 17.8 Å². The van der Waals surface area contributed by atoms with Crippen molar-refractivity contribution < 1.29 is 9.59 Å². The number of carbonyl (C=O) groups excluding carboxylic acids is 2. The topological polar surface area (TPSA) is 67.2 Å². The molecule has 0 saturated carbocycles. The summed E-state index contributed by atoms with van der Waals surface area (Å²) in [5, 5.41) is 3.55. The Labute approximate surface area is 194 Å². The molecule has 7 heteroatoms. The fourth-order valence-corrected chi connectivity index (χ4v) is 3.51. The molecule has 0 atom stereocenters. The normalized spacial score (nSPS) is 11.0. The third kappa shape index (κ3) is 5.37. The number of imidazole rings is 1. The highest BCUT2D eigenvalue weighted by molar-refractivity contribution is 6.30. The molecule has 0 unspecified atom stereocenters. The summed E-state index contributed by atoms with van der Waals surface area (Å²) in [5.74, 6) is 0.0456. The highest BCUT2D eigenvalue weighted by Gasteiger charge is 2.21. The molecule has 1 N–H and O–H groups in total. The molecule has 2 aromatic carbocycles. The van der Waals surface area contributed by atoms with E-state index in [0.29, 0.717) is 23.1 Å². The molecule has 6 nitrogen and oxygen atoms in total. The van der Waals surface area contributed by atoms with Crippen molar-refractivity contribution in [3.05, 3.63) is 64.8 Å². The molecular weight excluding hydrogens is 424 g/mol. The Morgan fingerprint density at radius 2 is 1.78 bits per heavy atom. The summed E-state index contributed by atoms with van der Waals surface area (Å²) in [6.07, 6.45) is 2.24. The van der Waals surface area contributed by atoms with Crippen LogP contribution in [0.2, 0.25) is 5.02 Å². The molecule has 0 aliphatic carbocycles. The van der Waals surface area contributed by atoms with Gasteiger partial charge >= 0.3 is 0 Å². The van der Waals surface area contributed by atoms with Crippen molar-refractivity contribution in [2.45, 2.75) is 47.1 Å². The summed E-state index contributed by atoms with van der Waals surface area (Å²) in [7, 11) is 0. The SMILES string of the molecule is CCC(=O)N(CC(=O)Nc1nc(-c2ccc(Cl)cc2)cn1-c1ccc(C)c(C)c1)C(C)C. The standard InChI is InChI=1S/C25H29ClN4O2/c1-6-24(32)29(16(2)3)15-23(31)28-25-27-22(19-8-10-20(26)11-9-19)14-30(25)21-12-7-17(4)18(5)13-21/h7-14,16H,6,15H2,1-5H3,(H,27,28,31). The first-order valence-corrected chi connectivity index (χ1v) is 11.1. The molecule has 0 aliphatic rings. The summed E-state index contributed by atoms with van der Waals surface area (Å²) < 4.78 is 1.86. The third-order valence-electron chi connectivity index (χ3n) is 5.43. The van der Waals surface area contributed by atoms with Gasteiger partial charge in [0, 0.05) is 34.9 Å². The fraction of sp³-hybridized carbons (Fsp3) is 0.320. The lowest BCUT2D eigenvalue weighted by Gasteiger charge is -2.25. The van der Waals surface area contributed by atoms with Gasteiger partial charge in [-0.2, -0.15) is 0 Å². The lowest BCUT2D eigenvalue weighted by atomic mass is 10.1. The summed E-state index contributed by atoms with van der Waals surface area (Å²) in [4.78, 5) is 31.3. The van der Waals surface area contributed by atoms with Gasteiger partial charge in [0.25, 0.3) is 0 Å². The molecule has 1 aromatic heterocycles. The summed E-state index contributed by atoms with van der Waals surface area (Å²) >= 11 is 6.03. The first kappa shape index (κ1) is 23.5. The van der Waals surface area contributed by atoms with E-state index in [-0.39, 0.29) is 24.4 Å². The van der Waals surface area contributed by atoms with Crippen molar-refractivity contribution in [1.29, 1.82) is 0 Å². The van der Waals surface area contributed by atoms with Crippen LogP contribution in [0.1, 0.15) is 38.3 Å². The minimum Gasteiger partial charge on any atom is -0.331 e. The van der Waals surface area contributed by atoms with Gasteiger partial charge < -0.3 is 4.90 Å². The number of nitrogens with zero attached hydrogens (tertiary/aromatic N) is 3. The summed E-state index contributed by atoms with van der Waals surface area (Å²) in [5.41, 5.74) is 4.81. The molecule has 32 heavy (non-hydrogen) atoms. The molecule has 3 aromatic rings. The Bertz CT molecular complexity index is 1120. The van der Waals surface area contributed by atoms with Gasteiger partial charge in [-0.15, -0.1) is 0 Å². The molecule has 0 aliphatic heterocycles. The van der Waals surface area contributed by atoms with E-state index < -0.39 is 0 Å². The van der Waals surface area contributed by atoms with E-state index in [9.17, 15) is 9.59 Å². The Morgan fingerprint density at radius 1 is 1.09 bits per heavy atom. The monoisotopic (exact) mass is 452 g/mol. The van der Waals surface area contributed by atoms with Crippen LogP contribution < -0.4 is 5.32 Å². The highest BCUT2D eigenvalue weighted by atomic mass is 35.5. The summed E-state index contributed by atoms with van der Waals surface area (Å²) in [6, 6.07) is 13.4. The number of hydrogen-bond acceptors (Lipinski definition) is 3. The number of rotatable bonds is 7. The van der Waals surface area contributed by atoms with Gasteiger partial charge in [-0.05, 0) is 63.1 Å². The van der Waals surface area contributed by atoms with Gasteiger partial charge in [0.1, 0.15) is 6.54 Å². The maximum absolute atomic E-state index is 12.9. The molecular formula is C25H29ClN4O2. The number of aromatic nitrogens is 2. The molecule has 0 spiro atoms. The fourth-order valence-electron chi connectivity index (χ4n) is 3.38. The smallest absolute Gasteiger partial charge is 0.246 e. The molecule has 0 fully saturated rings. The van der Waals surface area contributed by atoms with E-state index in [1.807, 2.05) is 55.8 Å².